The van der Waals surface area contributed by atoms with Crippen LogP contribution in [0.25, 0.3) is 0 Å². The summed E-state index contributed by atoms with van der Waals surface area (Å²) in [4.78, 5) is 66.5. The summed E-state index contributed by atoms with van der Waals surface area (Å²) in [5.41, 5.74) is 4.34. The van der Waals surface area contributed by atoms with E-state index >= 15 is 0 Å². The molecule has 0 aromatic rings. The van der Waals surface area contributed by atoms with Crippen LogP contribution in [0, 0.1) is 0 Å². The summed E-state index contributed by atoms with van der Waals surface area (Å²) >= 11 is 0. The number of carboxylic acid groups (broad SMARTS) is 1. The Morgan fingerprint density at radius 3 is 1.92 bits per heavy atom. The predicted molar refractivity (Wildman–Crippen MR) is 176 cm³/mol. The van der Waals surface area contributed by atoms with Crippen LogP contribution in [0.15, 0.2) is 0 Å². The van der Waals surface area contributed by atoms with Crippen LogP contribution >= 0.6 is 0 Å². The minimum Gasteiger partial charge on any atom is -0.480 e. The van der Waals surface area contributed by atoms with E-state index in [2.05, 4.69) is 16.0 Å². The van der Waals surface area contributed by atoms with Gasteiger partial charge in [0.05, 0.1) is 24.0 Å². The summed E-state index contributed by atoms with van der Waals surface area (Å²) in [5.74, 6) is -4.62. The van der Waals surface area contributed by atoms with Gasteiger partial charge in [-0.05, 0) is 33.6 Å². The number of nitrogens with one attached hydrogen (secondary N) is 3. The molecule has 0 spiro atoms. The van der Waals surface area contributed by atoms with Crippen molar-refractivity contribution in [2.75, 3.05) is 55.7 Å². The highest BCUT2D eigenvalue weighted by atomic mass is 16.7. The van der Waals surface area contributed by atoms with E-state index in [0.29, 0.717) is 12.8 Å². The van der Waals surface area contributed by atoms with Crippen LogP contribution in [0.2, 0.25) is 0 Å². The molecule has 1 saturated carbocycles. The van der Waals surface area contributed by atoms with E-state index in [1.54, 1.807) is 20.8 Å². The van der Waals surface area contributed by atoms with Crippen molar-refractivity contribution in [2.45, 2.75) is 119 Å². The molecule has 0 unspecified atom stereocenters. The molecule has 4 atom stereocenters. The van der Waals surface area contributed by atoms with Crippen LogP contribution in [-0.2, 0) is 57.1 Å². The summed E-state index contributed by atoms with van der Waals surface area (Å²) in [6.45, 7) is 5.40. The van der Waals surface area contributed by atoms with Gasteiger partial charge in [0.15, 0.2) is 18.4 Å². The maximum absolute atomic E-state index is 14.2. The normalized spacial score (nSPS) is 20.2. The summed E-state index contributed by atoms with van der Waals surface area (Å²) in [7, 11) is 8.51. The molecule has 2 fully saturated rings. The first kappa shape index (κ1) is 43.2. The molecule has 288 valence electrons. The molecule has 1 heterocycles. The van der Waals surface area contributed by atoms with Gasteiger partial charge in [-0.3, -0.25) is 19.2 Å². The first-order valence-electron chi connectivity index (χ1n) is 16.5. The van der Waals surface area contributed by atoms with Crippen LogP contribution in [0.4, 0.5) is 0 Å². The molecule has 1 saturated heterocycles. The average molecular weight is 720 g/mol. The molecular formula is C32H57N5O13. The monoisotopic (exact) mass is 719 g/mol. The predicted octanol–water partition coefficient (Wildman–Crippen LogP) is -0.780. The summed E-state index contributed by atoms with van der Waals surface area (Å²) < 4.78 is 37.4. The fourth-order valence-electron chi connectivity index (χ4n) is 6.16. The highest BCUT2D eigenvalue weighted by molar-refractivity contribution is 5.92. The molecule has 0 bridgehead atoms. The second-order valence-corrected chi connectivity index (χ2v) is 13.6. The second kappa shape index (κ2) is 19.0. The number of carboxylic acids is 1. The number of hydrogen-bond donors (Lipinski definition) is 5. The molecule has 1 aliphatic carbocycles. The van der Waals surface area contributed by atoms with Crippen molar-refractivity contribution in [3.8, 4) is 0 Å². The largest absolute Gasteiger partial charge is 0.480 e. The molecule has 18 heteroatoms. The molecule has 18 nitrogen and oxygen atoms in total. The van der Waals surface area contributed by atoms with Gasteiger partial charge in [-0.15, -0.1) is 0 Å². The molecule has 0 aromatic heterocycles. The number of likely N-dealkylation sites (tertiary alicyclic amines) is 1. The van der Waals surface area contributed by atoms with Gasteiger partial charge in [0, 0.05) is 81.4 Å². The molecule has 3 amide bonds. The van der Waals surface area contributed by atoms with Gasteiger partial charge in [0.2, 0.25) is 17.7 Å². The molecule has 0 aromatic carbocycles. The minimum atomic E-state index is -1.32. The van der Waals surface area contributed by atoms with Crippen molar-refractivity contribution in [1.82, 2.24) is 20.9 Å². The van der Waals surface area contributed by atoms with E-state index in [9.17, 15) is 29.1 Å². The number of carbonyl (C=O) groups is 5. The standard InChI is InChI=1S/C32H57N5O13/c1-30(2,3)50-23(38)13-19(33)26(39)36-31(16-32(17-31,48-8)49-9)18-34-20(14-24(44-4)45-5)28(41)37-12-10-11-22(37)27(40)35-21(29(42)43)15-25(46-6)47-7/h19-22,24-25,34H,10-18,33H2,1-9H3,(H,35,40)(H,36,39)(H,42,43)/t19-,20+,21+,22-/m0/s1. The number of carbonyl (C=O) groups excluding carboxylic acids is 4. The first-order valence-corrected chi connectivity index (χ1v) is 16.5. The summed E-state index contributed by atoms with van der Waals surface area (Å²) in [5, 5.41) is 18.4. The highest BCUT2D eigenvalue weighted by Crippen LogP contribution is 2.44. The van der Waals surface area contributed by atoms with Gasteiger partial charge in [-0.1, -0.05) is 0 Å². The Labute approximate surface area is 293 Å². The summed E-state index contributed by atoms with van der Waals surface area (Å²) in [6, 6.07) is -4.46. The van der Waals surface area contributed by atoms with Crippen LogP contribution in [0.5, 0.6) is 0 Å². The Balaban J connectivity index is 2.28. The maximum atomic E-state index is 14.2. The Morgan fingerprint density at radius 1 is 0.900 bits per heavy atom. The van der Waals surface area contributed by atoms with E-state index in [1.807, 2.05) is 0 Å². The zero-order valence-electron chi connectivity index (χ0n) is 30.7. The van der Waals surface area contributed by atoms with Crippen LogP contribution in [0.3, 0.4) is 0 Å². The van der Waals surface area contributed by atoms with E-state index in [1.165, 1.54) is 47.6 Å². The number of nitrogens with zero attached hydrogens (tertiary/aromatic N) is 1. The molecule has 2 rings (SSSR count). The molecule has 6 N–H and O–H groups in total. The van der Waals surface area contributed by atoms with Gasteiger partial charge in [-0.2, -0.15) is 0 Å². The fraction of sp³-hybridized carbons (Fsp3) is 0.844. The van der Waals surface area contributed by atoms with E-state index in [0.717, 1.165) is 0 Å². The van der Waals surface area contributed by atoms with Gasteiger partial charge in [0.1, 0.15) is 17.7 Å². The minimum absolute atomic E-state index is 0.0274. The lowest BCUT2D eigenvalue weighted by atomic mass is 9.70. The van der Waals surface area contributed by atoms with E-state index in [4.69, 9.17) is 38.9 Å². The SMILES string of the molecule is COC(C[C@@H](NC(=O)[C@@H]1CCCN1C(=O)[C@@H](CC(OC)OC)NCC1(NC(=O)[C@@H](N)CC(=O)OC(C)(C)C)CC(OC)(OC)C1)C(=O)O)OC. The summed E-state index contributed by atoms with van der Waals surface area (Å²) in [6.07, 6.45) is -0.979. The lowest BCUT2D eigenvalue weighted by Gasteiger charge is -2.54. The molecule has 2 aliphatic rings. The lowest BCUT2D eigenvalue weighted by molar-refractivity contribution is -0.279. The average Bonchev–Trinajstić information content (AvgIpc) is 3.54. The third-order valence-corrected chi connectivity index (χ3v) is 8.84. The van der Waals surface area contributed by atoms with Crippen molar-refractivity contribution >= 4 is 29.7 Å². The number of ether oxygens (including phenoxy) is 7. The fourth-order valence-corrected chi connectivity index (χ4v) is 6.16. The van der Waals surface area contributed by atoms with Gasteiger partial charge in [0.25, 0.3) is 0 Å². The van der Waals surface area contributed by atoms with Crippen LogP contribution < -0.4 is 21.7 Å². The van der Waals surface area contributed by atoms with Crippen molar-refractivity contribution < 1.29 is 62.2 Å². The Hall–Kier alpha value is -2.97. The molecule has 0 radical (unpaired) electrons. The first-order chi connectivity index (χ1) is 23.4. The van der Waals surface area contributed by atoms with E-state index < -0.39 is 83.3 Å². The highest BCUT2D eigenvalue weighted by Gasteiger charge is 2.57. The number of esters is 1. The second-order valence-electron chi connectivity index (χ2n) is 13.6. The van der Waals surface area contributed by atoms with Gasteiger partial charge in [-0.25, -0.2) is 4.79 Å². The topological polar surface area (TPSA) is 236 Å². The Kier molecular flexibility index (Phi) is 16.4. The number of hydrogen-bond acceptors (Lipinski definition) is 14. The third-order valence-electron chi connectivity index (χ3n) is 8.84. The zero-order valence-corrected chi connectivity index (χ0v) is 30.7. The number of aliphatic carboxylic acids is 1. The Morgan fingerprint density at radius 2 is 1.44 bits per heavy atom. The van der Waals surface area contributed by atoms with E-state index in [-0.39, 0.29) is 45.2 Å². The van der Waals surface area contributed by atoms with Crippen molar-refractivity contribution in [1.29, 1.82) is 0 Å². The van der Waals surface area contributed by atoms with Crippen molar-refractivity contribution in [3.05, 3.63) is 0 Å². The quantitative estimate of drug-likeness (QED) is 0.0723. The molecular weight excluding hydrogens is 662 g/mol. The molecule has 1 aliphatic heterocycles. The smallest absolute Gasteiger partial charge is 0.326 e. The van der Waals surface area contributed by atoms with Gasteiger partial charge >= 0.3 is 11.9 Å². The molecule has 50 heavy (non-hydrogen) atoms. The van der Waals surface area contributed by atoms with Crippen LogP contribution in [-0.4, -0.2) is 149 Å². The number of nitrogens with two attached hydrogens (primary N) is 1. The van der Waals surface area contributed by atoms with Gasteiger partial charge < -0.3 is 64.8 Å². The maximum Gasteiger partial charge on any atom is 0.326 e. The van der Waals surface area contributed by atoms with Crippen LogP contribution in [0.1, 0.15) is 65.7 Å². The van der Waals surface area contributed by atoms with Crippen molar-refractivity contribution in [3.63, 3.8) is 0 Å². The van der Waals surface area contributed by atoms with Crippen molar-refractivity contribution in [2.24, 2.45) is 5.73 Å². The third kappa shape index (κ3) is 12.1. The lowest BCUT2D eigenvalue weighted by Crippen LogP contribution is -2.72. The number of rotatable bonds is 21. The Bertz CT molecular complexity index is 1150. The number of methoxy groups -OCH3 is 6. The number of amides is 3. The zero-order chi connectivity index (χ0) is 37.9.